The van der Waals surface area contributed by atoms with Crippen molar-refractivity contribution in [1.29, 1.82) is 0 Å². The molecule has 0 aromatic heterocycles. The van der Waals surface area contributed by atoms with Gasteiger partial charge >= 0.3 is 0 Å². The van der Waals surface area contributed by atoms with E-state index in [1.54, 1.807) is 0 Å². The molecule has 98 valence electrons. The lowest BCUT2D eigenvalue weighted by Crippen LogP contribution is -2.29. The molecule has 18 heavy (non-hydrogen) atoms. The minimum atomic E-state index is 0.101. The van der Waals surface area contributed by atoms with E-state index in [4.69, 9.17) is 0 Å². The number of nitrogens with one attached hydrogen (secondary N) is 2. The van der Waals surface area contributed by atoms with E-state index in [0.717, 1.165) is 35.6 Å². The number of carbonyl (C=O) groups excluding carboxylic acids is 1. The molecule has 2 rings (SSSR count). The van der Waals surface area contributed by atoms with Gasteiger partial charge in [-0.1, -0.05) is 28.1 Å². The van der Waals surface area contributed by atoms with Crippen LogP contribution in [0, 0.1) is 0 Å². The van der Waals surface area contributed by atoms with E-state index in [1.807, 2.05) is 24.3 Å². The van der Waals surface area contributed by atoms with Gasteiger partial charge in [-0.05, 0) is 43.5 Å². The Balaban J connectivity index is 1.57. The van der Waals surface area contributed by atoms with Crippen molar-refractivity contribution >= 4 is 21.8 Å². The van der Waals surface area contributed by atoms with E-state index in [9.17, 15) is 4.79 Å². The van der Waals surface area contributed by atoms with Gasteiger partial charge in [-0.25, -0.2) is 0 Å². The van der Waals surface area contributed by atoms with Crippen molar-refractivity contribution in [2.75, 3.05) is 13.1 Å². The number of amides is 1. The molecule has 0 radical (unpaired) electrons. The molecule has 0 spiro atoms. The second-order valence-corrected chi connectivity index (χ2v) is 5.65. The molecule has 0 unspecified atom stereocenters. The molecule has 4 heteroatoms. The Morgan fingerprint density at radius 3 is 2.61 bits per heavy atom. The first-order valence-electron chi connectivity index (χ1n) is 6.48. The quantitative estimate of drug-likeness (QED) is 0.758. The molecule has 1 aliphatic carbocycles. The van der Waals surface area contributed by atoms with E-state index in [1.165, 1.54) is 12.8 Å². The Labute approximate surface area is 116 Å². The number of hydrogen-bond donors (Lipinski definition) is 2. The number of carbonyl (C=O) groups is 1. The first-order valence-corrected chi connectivity index (χ1v) is 7.28. The van der Waals surface area contributed by atoms with Crippen molar-refractivity contribution in [1.82, 2.24) is 10.6 Å². The second kappa shape index (κ2) is 6.90. The molecule has 1 aliphatic rings. The van der Waals surface area contributed by atoms with Crippen molar-refractivity contribution < 1.29 is 4.79 Å². The van der Waals surface area contributed by atoms with Gasteiger partial charge in [-0.15, -0.1) is 0 Å². The van der Waals surface area contributed by atoms with Gasteiger partial charge < -0.3 is 10.6 Å². The van der Waals surface area contributed by atoms with E-state index < -0.39 is 0 Å². The van der Waals surface area contributed by atoms with Crippen LogP contribution in [-0.2, 0) is 11.2 Å². The highest BCUT2D eigenvalue weighted by atomic mass is 79.9. The van der Waals surface area contributed by atoms with Crippen LogP contribution in [0.5, 0.6) is 0 Å². The van der Waals surface area contributed by atoms with Gasteiger partial charge in [0.15, 0.2) is 0 Å². The van der Waals surface area contributed by atoms with Crippen molar-refractivity contribution in [2.45, 2.75) is 31.7 Å². The normalized spacial score (nSPS) is 14.5. The summed E-state index contributed by atoms with van der Waals surface area (Å²) in [5, 5.41) is 6.38. The van der Waals surface area contributed by atoms with E-state index in [0.29, 0.717) is 6.42 Å². The molecular formula is C14H19BrN2O. The summed E-state index contributed by atoms with van der Waals surface area (Å²) >= 11 is 3.38. The Morgan fingerprint density at radius 1 is 1.22 bits per heavy atom. The summed E-state index contributed by atoms with van der Waals surface area (Å²) in [6.45, 7) is 1.76. The zero-order valence-electron chi connectivity index (χ0n) is 10.4. The van der Waals surface area contributed by atoms with Crippen LogP contribution in [0.2, 0.25) is 0 Å². The van der Waals surface area contributed by atoms with Crippen LogP contribution in [0.15, 0.2) is 28.7 Å². The Morgan fingerprint density at radius 2 is 1.94 bits per heavy atom. The van der Waals surface area contributed by atoms with Crippen LogP contribution in [-0.4, -0.2) is 25.0 Å². The zero-order chi connectivity index (χ0) is 12.8. The summed E-state index contributed by atoms with van der Waals surface area (Å²) < 4.78 is 1.04. The molecular weight excluding hydrogens is 292 g/mol. The molecule has 1 aromatic carbocycles. The van der Waals surface area contributed by atoms with Gasteiger partial charge in [0, 0.05) is 17.1 Å². The van der Waals surface area contributed by atoms with E-state index >= 15 is 0 Å². The fourth-order valence-electron chi connectivity index (χ4n) is 1.76. The fraction of sp³-hybridized carbons (Fsp3) is 0.500. The van der Waals surface area contributed by atoms with Crippen LogP contribution >= 0.6 is 15.9 Å². The molecule has 3 nitrogen and oxygen atoms in total. The second-order valence-electron chi connectivity index (χ2n) is 4.74. The first-order chi connectivity index (χ1) is 8.74. The topological polar surface area (TPSA) is 41.1 Å². The summed E-state index contributed by atoms with van der Waals surface area (Å²) in [7, 11) is 0. The molecule has 0 bridgehead atoms. The Bertz CT molecular complexity index is 387. The van der Waals surface area contributed by atoms with E-state index in [-0.39, 0.29) is 5.91 Å². The van der Waals surface area contributed by atoms with E-state index in [2.05, 4.69) is 26.6 Å². The average molecular weight is 311 g/mol. The van der Waals surface area contributed by atoms with Crippen LogP contribution in [0.25, 0.3) is 0 Å². The maximum Gasteiger partial charge on any atom is 0.224 e. The number of rotatable bonds is 7. The van der Waals surface area contributed by atoms with Crippen molar-refractivity contribution in [2.24, 2.45) is 0 Å². The average Bonchev–Trinajstić information content (AvgIpc) is 3.16. The smallest absolute Gasteiger partial charge is 0.224 e. The maximum atomic E-state index is 11.7. The molecule has 1 aromatic rings. The molecule has 1 saturated carbocycles. The number of hydrogen-bond acceptors (Lipinski definition) is 2. The van der Waals surface area contributed by atoms with Gasteiger partial charge in [0.1, 0.15) is 0 Å². The molecule has 0 atom stereocenters. The Hall–Kier alpha value is -0.870. The predicted octanol–water partition coefficient (Wildman–Crippen LogP) is 2.25. The highest BCUT2D eigenvalue weighted by Crippen LogP contribution is 2.18. The lowest BCUT2D eigenvalue weighted by atomic mass is 10.1. The van der Waals surface area contributed by atoms with Gasteiger partial charge in [0.05, 0.1) is 6.42 Å². The van der Waals surface area contributed by atoms with Gasteiger partial charge in [-0.2, -0.15) is 0 Å². The third-order valence-electron chi connectivity index (χ3n) is 2.96. The van der Waals surface area contributed by atoms with Crippen LogP contribution in [0.1, 0.15) is 24.8 Å². The number of benzene rings is 1. The van der Waals surface area contributed by atoms with Crippen LogP contribution in [0.3, 0.4) is 0 Å². The van der Waals surface area contributed by atoms with Gasteiger partial charge in [-0.3, -0.25) is 4.79 Å². The zero-order valence-corrected chi connectivity index (χ0v) is 12.0. The maximum absolute atomic E-state index is 11.7. The SMILES string of the molecule is O=C(Cc1ccc(Br)cc1)NCCCNC1CC1. The van der Waals surface area contributed by atoms with Crippen molar-refractivity contribution in [3.8, 4) is 0 Å². The molecule has 0 heterocycles. The van der Waals surface area contributed by atoms with Crippen LogP contribution in [0.4, 0.5) is 0 Å². The standard InChI is InChI=1S/C14H19BrN2O/c15-12-4-2-11(3-5-12)10-14(18)17-9-1-8-16-13-6-7-13/h2-5,13,16H,1,6-10H2,(H,17,18). The molecule has 1 fully saturated rings. The lowest BCUT2D eigenvalue weighted by Gasteiger charge is -2.06. The summed E-state index contributed by atoms with van der Waals surface area (Å²) in [5.74, 6) is 0.101. The van der Waals surface area contributed by atoms with Gasteiger partial charge in [0.2, 0.25) is 5.91 Å². The van der Waals surface area contributed by atoms with Crippen molar-refractivity contribution in [3.63, 3.8) is 0 Å². The molecule has 1 amide bonds. The molecule has 0 saturated heterocycles. The first kappa shape index (κ1) is 13.6. The number of halogens is 1. The molecule has 2 N–H and O–H groups in total. The minimum absolute atomic E-state index is 0.101. The van der Waals surface area contributed by atoms with Crippen LogP contribution < -0.4 is 10.6 Å². The molecule has 0 aliphatic heterocycles. The highest BCUT2D eigenvalue weighted by Gasteiger charge is 2.19. The summed E-state index contributed by atoms with van der Waals surface area (Å²) in [6, 6.07) is 8.62. The third kappa shape index (κ3) is 5.19. The van der Waals surface area contributed by atoms with Gasteiger partial charge in [0.25, 0.3) is 0 Å². The monoisotopic (exact) mass is 310 g/mol. The Kier molecular flexibility index (Phi) is 5.20. The largest absolute Gasteiger partial charge is 0.356 e. The minimum Gasteiger partial charge on any atom is -0.356 e. The fourth-order valence-corrected chi connectivity index (χ4v) is 2.02. The summed E-state index contributed by atoms with van der Waals surface area (Å²) in [5.41, 5.74) is 1.05. The third-order valence-corrected chi connectivity index (χ3v) is 3.49. The predicted molar refractivity (Wildman–Crippen MR) is 76.5 cm³/mol. The highest BCUT2D eigenvalue weighted by molar-refractivity contribution is 9.10. The summed E-state index contributed by atoms with van der Waals surface area (Å²) in [4.78, 5) is 11.7. The lowest BCUT2D eigenvalue weighted by molar-refractivity contribution is -0.120. The van der Waals surface area contributed by atoms with Crippen molar-refractivity contribution in [3.05, 3.63) is 34.3 Å². The summed E-state index contributed by atoms with van der Waals surface area (Å²) in [6.07, 6.45) is 4.10.